The van der Waals surface area contributed by atoms with Crippen LogP contribution in [-0.4, -0.2) is 35.3 Å². The van der Waals surface area contributed by atoms with E-state index in [1.807, 2.05) is 13.8 Å². The van der Waals surface area contributed by atoms with E-state index >= 15 is 0 Å². The van der Waals surface area contributed by atoms with Gasteiger partial charge in [-0.2, -0.15) is 0 Å². The molecule has 26 heavy (non-hydrogen) atoms. The van der Waals surface area contributed by atoms with Crippen molar-refractivity contribution in [3.8, 4) is 5.75 Å². The lowest BCUT2D eigenvalue weighted by atomic mass is 10.1. The summed E-state index contributed by atoms with van der Waals surface area (Å²) >= 11 is 0. The van der Waals surface area contributed by atoms with Gasteiger partial charge in [-0.05, 0) is 38.1 Å². The van der Waals surface area contributed by atoms with Gasteiger partial charge in [-0.25, -0.2) is 4.39 Å². The van der Waals surface area contributed by atoms with Gasteiger partial charge in [-0.3, -0.25) is 19.3 Å². The number of anilines is 1. The van der Waals surface area contributed by atoms with Crippen molar-refractivity contribution < 1.29 is 23.5 Å². The van der Waals surface area contributed by atoms with Crippen molar-refractivity contribution in [1.82, 2.24) is 4.90 Å². The number of rotatable bonds is 5. The van der Waals surface area contributed by atoms with Gasteiger partial charge in [0.25, 0.3) is 11.8 Å². The number of halogens is 1. The van der Waals surface area contributed by atoms with E-state index in [1.54, 1.807) is 24.3 Å². The summed E-state index contributed by atoms with van der Waals surface area (Å²) in [4.78, 5) is 37.6. The molecule has 0 radical (unpaired) electrons. The Morgan fingerprint density at radius 1 is 1.12 bits per heavy atom. The number of hydrogen-bond donors (Lipinski definition) is 1. The number of fused-ring (bicyclic) bond motifs is 1. The number of carbonyl (C=O) groups excluding carboxylic acids is 3. The smallest absolute Gasteiger partial charge is 0.265 e. The number of benzene rings is 2. The molecule has 3 amide bonds. The van der Waals surface area contributed by atoms with E-state index in [2.05, 4.69) is 5.32 Å². The summed E-state index contributed by atoms with van der Waals surface area (Å²) in [6.07, 6.45) is -0.0905. The molecule has 1 aliphatic heterocycles. The maximum atomic E-state index is 13.8. The Hall–Kier alpha value is -3.22. The minimum absolute atomic E-state index is 0.0358. The Kier molecular flexibility index (Phi) is 4.71. The van der Waals surface area contributed by atoms with Crippen molar-refractivity contribution in [2.75, 3.05) is 11.9 Å². The average Bonchev–Trinajstić information content (AvgIpc) is 2.82. The Bertz CT molecular complexity index is 895. The average molecular weight is 356 g/mol. The third-order valence-corrected chi connectivity index (χ3v) is 3.77. The number of nitrogens with zero attached hydrogens (tertiary/aromatic N) is 1. The SMILES string of the molecule is CC(C)Oc1ccccc1NC(=O)CN1C(=O)c2cccc(F)c2C1=O. The molecule has 1 aliphatic rings. The Morgan fingerprint density at radius 3 is 2.54 bits per heavy atom. The lowest BCUT2D eigenvalue weighted by molar-refractivity contribution is -0.116. The van der Waals surface area contributed by atoms with Gasteiger partial charge in [0.2, 0.25) is 5.91 Å². The quantitative estimate of drug-likeness (QED) is 0.836. The summed E-state index contributed by atoms with van der Waals surface area (Å²) in [6, 6.07) is 10.7. The molecule has 0 spiro atoms. The van der Waals surface area contributed by atoms with Crippen LogP contribution in [0.1, 0.15) is 34.6 Å². The molecular weight excluding hydrogens is 339 g/mol. The van der Waals surface area contributed by atoms with Gasteiger partial charge in [0.1, 0.15) is 18.1 Å². The first kappa shape index (κ1) is 17.6. The first-order valence-corrected chi connectivity index (χ1v) is 8.08. The number of carbonyl (C=O) groups is 3. The van der Waals surface area contributed by atoms with Gasteiger partial charge in [-0.15, -0.1) is 0 Å². The molecule has 1 N–H and O–H groups in total. The Balaban J connectivity index is 1.75. The fourth-order valence-corrected chi connectivity index (χ4v) is 2.70. The highest BCUT2D eigenvalue weighted by Gasteiger charge is 2.38. The third-order valence-electron chi connectivity index (χ3n) is 3.77. The zero-order chi connectivity index (χ0) is 18.8. The van der Waals surface area contributed by atoms with Gasteiger partial charge in [-0.1, -0.05) is 18.2 Å². The second kappa shape index (κ2) is 6.95. The van der Waals surface area contributed by atoms with Crippen LogP contribution in [0.5, 0.6) is 5.75 Å². The second-order valence-electron chi connectivity index (χ2n) is 6.07. The van der Waals surface area contributed by atoms with E-state index in [9.17, 15) is 18.8 Å². The zero-order valence-corrected chi connectivity index (χ0v) is 14.3. The number of para-hydroxylation sites is 2. The summed E-state index contributed by atoms with van der Waals surface area (Å²) in [7, 11) is 0. The van der Waals surface area contributed by atoms with Gasteiger partial charge < -0.3 is 10.1 Å². The highest BCUT2D eigenvalue weighted by Crippen LogP contribution is 2.27. The molecule has 7 heteroatoms. The molecule has 0 aromatic heterocycles. The van der Waals surface area contributed by atoms with Crippen molar-refractivity contribution in [3.05, 3.63) is 59.4 Å². The molecule has 0 bridgehead atoms. The largest absolute Gasteiger partial charge is 0.489 e. The number of nitrogens with one attached hydrogen (secondary N) is 1. The number of hydrogen-bond acceptors (Lipinski definition) is 4. The molecule has 1 heterocycles. The summed E-state index contributed by atoms with van der Waals surface area (Å²) < 4.78 is 19.4. The molecule has 0 atom stereocenters. The molecule has 0 fully saturated rings. The van der Waals surface area contributed by atoms with Gasteiger partial charge in [0.05, 0.1) is 22.9 Å². The van der Waals surface area contributed by atoms with E-state index < -0.39 is 30.1 Å². The predicted octanol–water partition coefficient (Wildman–Crippen LogP) is 2.85. The van der Waals surface area contributed by atoms with E-state index in [-0.39, 0.29) is 17.2 Å². The highest BCUT2D eigenvalue weighted by atomic mass is 19.1. The van der Waals surface area contributed by atoms with Gasteiger partial charge >= 0.3 is 0 Å². The number of ether oxygens (including phenoxy) is 1. The first-order chi connectivity index (χ1) is 12.4. The molecule has 0 aliphatic carbocycles. The van der Waals surface area contributed by atoms with Crippen LogP contribution in [0, 0.1) is 5.82 Å². The highest BCUT2D eigenvalue weighted by molar-refractivity contribution is 6.22. The van der Waals surface area contributed by atoms with Crippen LogP contribution in [0.3, 0.4) is 0 Å². The van der Waals surface area contributed by atoms with Crippen LogP contribution < -0.4 is 10.1 Å². The summed E-state index contributed by atoms with van der Waals surface area (Å²) in [6.45, 7) is 3.19. The van der Waals surface area contributed by atoms with E-state index in [0.717, 1.165) is 11.0 Å². The van der Waals surface area contributed by atoms with Crippen molar-refractivity contribution in [2.24, 2.45) is 0 Å². The molecule has 2 aromatic carbocycles. The fraction of sp³-hybridized carbons (Fsp3) is 0.211. The van der Waals surface area contributed by atoms with Gasteiger partial charge in [0, 0.05) is 0 Å². The van der Waals surface area contributed by atoms with Crippen LogP contribution in [0.25, 0.3) is 0 Å². The normalized spacial score (nSPS) is 13.2. The fourth-order valence-electron chi connectivity index (χ4n) is 2.70. The van der Waals surface area contributed by atoms with Gasteiger partial charge in [0.15, 0.2) is 0 Å². The standard InChI is InChI=1S/C19H17FN2O4/c1-11(2)26-15-9-4-3-8-14(15)21-16(23)10-22-18(24)12-6-5-7-13(20)17(12)19(22)25/h3-9,11H,10H2,1-2H3,(H,21,23). The topological polar surface area (TPSA) is 75.7 Å². The minimum Gasteiger partial charge on any atom is -0.489 e. The van der Waals surface area contributed by atoms with E-state index in [0.29, 0.717) is 11.4 Å². The summed E-state index contributed by atoms with van der Waals surface area (Å²) in [5.41, 5.74) is 0.0918. The maximum absolute atomic E-state index is 13.8. The van der Waals surface area contributed by atoms with E-state index in [4.69, 9.17) is 4.74 Å². The van der Waals surface area contributed by atoms with E-state index in [1.165, 1.54) is 12.1 Å². The van der Waals surface area contributed by atoms with Crippen LogP contribution in [0.4, 0.5) is 10.1 Å². The second-order valence-corrected chi connectivity index (χ2v) is 6.07. The Labute approximate surface area is 149 Å². The summed E-state index contributed by atoms with van der Waals surface area (Å²) in [5, 5.41) is 2.62. The Morgan fingerprint density at radius 2 is 1.85 bits per heavy atom. The lowest BCUT2D eigenvalue weighted by Crippen LogP contribution is -2.37. The molecule has 134 valence electrons. The van der Waals surface area contributed by atoms with Crippen molar-refractivity contribution in [1.29, 1.82) is 0 Å². The first-order valence-electron chi connectivity index (χ1n) is 8.08. The van der Waals surface area contributed by atoms with Crippen LogP contribution in [0.2, 0.25) is 0 Å². The monoisotopic (exact) mass is 356 g/mol. The molecular formula is C19H17FN2O4. The zero-order valence-electron chi connectivity index (χ0n) is 14.3. The maximum Gasteiger partial charge on any atom is 0.265 e. The molecule has 2 aromatic rings. The third kappa shape index (κ3) is 3.28. The molecule has 6 nitrogen and oxygen atoms in total. The van der Waals surface area contributed by atoms with Crippen molar-refractivity contribution in [3.63, 3.8) is 0 Å². The molecule has 3 rings (SSSR count). The number of imide groups is 1. The predicted molar refractivity (Wildman–Crippen MR) is 92.6 cm³/mol. The van der Waals surface area contributed by atoms with Crippen LogP contribution >= 0.6 is 0 Å². The lowest BCUT2D eigenvalue weighted by Gasteiger charge is -2.17. The molecule has 0 unspecified atom stereocenters. The molecule has 0 saturated carbocycles. The summed E-state index contributed by atoms with van der Waals surface area (Å²) in [5.74, 6) is -2.39. The van der Waals surface area contributed by atoms with Crippen molar-refractivity contribution in [2.45, 2.75) is 20.0 Å². The number of amides is 3. The minimum atomic E-state index is -0.815. The molecule has 0 saturated heterocycles. The van der Waals surface area contributed by atoms with Crippen LogP contribution in [-0.2, 0) is 4.79 Å². The van der Waals surface area contributed by atoms with Crippen molar-refractivity contribution >= 4 is 23.4 Å². The van der Waals surface area contributed by atoms with Crippen LogP contribution in [0.15, 0.2) is 42.5 Å².